The molecule has 0 fully saturated rings. The molecule has 0 aliphatic rings. The summed E-state index contributed by atoms with van der Waals surface area (Å²) in [5, 5.41) is 10.4. The van der Waals surface area contributed by atoms with Gasteiger partial charge in [0.1, 0.15) is 5.75 Å². The molecule has 0 aliphatic heterocycles. The largest absolute Gasteiger partial charge is 0.508 e. The molecule has 1 aromatic heterocycles. The average Bonchev–Trinajstić information content (AvgIpc) is 2.47. The van der Waals surface area contributed by atoms with E-state index in [0.29, 0.717) is 6.54 Å². The predicted octanol–water partition coefficient (Wildman–Crippen LogP) is 3.07. The van der Waals surface area contributed by atoms with Crippen LogP contribution in [0.5, 0.6) is 5.75 Å². The Labute approximate surface area is 111 Å². The third kappa shape index (κ3) is 2.28. The third-order valence-corrected chi connectivity index (χ3v) is 3.18. The third-order valence-electron chi connectivity index (χ3n) is 3.18. The van der Waals surface area contributed by atoms with E-state index < -0.39 is 0 Å². The summed E-state index contributed by atoms with van der Waals surface area (Å²) >= 11 is 0. The molecule has 0 bridgehead atoms. The molecule has 94 valence electrons. The molecule has 3 nitrogen and oxygen atoms in total. The summed E-state index contributed by atoms with van der Waals surface area (Å²) in [7, 11) is 0. The van der Waals surface area contributed by atoms with E-state index in [1.807, 2.05) is 30.5 Å². The molecule has 1 heterocycles. The van der Waals surface area contributed by atoms with E-state index in [1.165, 1.54) is 0 Å². The van der Waals surface area contributed by atoms with Crippen molar-refractivity contribution in [1.29, 1.82) is 0 Å². The summed E-state index contributed by atoms with van der Waals surface area (Å²) in [4.78, 5) is 4.45. The molecule has 0 atom stereocenters. The highest BCUT2D eigenvalue weighted by atomic mass is 16.3. The van der Waals surface area contributed by atoms with Gasteiger partial charge in [0.25, 0.3) is 0 Å². The topological polar surface area (TPSA) is 59.1 Å². The lowest BCUT2D eigenvalue weighted by molar-refractivity contribution is 0.475. The van der Waals surface area contributed by atoms with Crippen LogP contribution in [0.25, 0.3) is 22.0 Å². The number of hydrogen-bond acceptors (Lipinski definition) is 3. The zero-order chi connectivity index (χ0) is 13.2. The molecule has 0 saturated heterocycles. The summed E-state index contributed by atoms with van der Waals surface area (Å²) in [5.74, 6) is 0.267. The van der Waals surface area contributed by atoms with Gasteiger partial charge < -0.3 is 10.8 Å². The molecule has 0 spiro atoms. The van der Waals surface area contributed by atoms with Gasteiger partial charge in [0.15, 0.2) is 0 Å². The Kier molecular flexibility index (Phi) is 2.89. The zero-order valence-corrected chi connectivity index (χ0v) is 10.4. The summed E-state index contributed by atoms with van der Waals surface area (Å²) < 4.78 is 0. The minimum Gasteiger partial charge on any atom is -0.508 e. The van der Waals surface area contributed by atoms with Crippen LogP contribution in [0.4, 0.5) is 0 Å². The van der Waals surface area contributed by atoms with Gasteiger partial charge in [0, 0.05) is 23.7 Å². The van der Waals surface area contributed by atoms with Crippen LogP contribution in [0.1, 0.15) is 5.56 Å². The normalized spacial score (nSPS) is 10.8. The lowest BCUT2D eigenvalue weighted by Crippen LogP contribution is -1.95. The minimum absolute atomic E-state index is 0.267. The maximum atomic E-state index is 9.31. The van der Waals surface area contributed by atoms with Crippen molar-refractivity contribution in [3.63, 3.8) is 0 Å². The first kappa shape index (κ1) is 11.7. The van der Waals surface area contributed by atoms with E-state index in [0.717, 1.165) is 27.6 Å². The number of phenols is 1. The molecule has 0 radical (unpaired) electrons. The van der Waals surface area contributed by atoms with Crippen molar-refractivity contribution in [2.24, 2.45) is 5.73 Å². The van der Waals surface area contributed by atoms with E-state index in [9.17, 15) is 5.11 Å². The van der Waals surface area contributed by atoms with Gasteiger partial charge in [-0.25, -0.2) is 0 Å². The molecule has 19 heavy (non-hydrogen) atoms. The molecule has 3 heteroatoms. The van der Waals surface area contributed by atoms with Crippen LogP contribution in [-0.4, -0.2) is 10.1 Å². The van der Waals surface area contributed by atoms with Crippen molar-refractivity contribution in [1.82, 2.24) is 4.98 Å². The molecule has 3 aromatic rings. The first-order valence-electron chi connectivity index (χ1n) is 6.14. The second-order valence-electron chi connectivity index (χ2n) is 4.50. The first-order valence-corrected chi connectivity index (χ1v) is 6.14. The number of fused-ring (bicyclic) bond motifs is 1. The zero-order valence-electron chi connectivity index (χ0n) is 10.4. The van der Waals surface area contributed by atoms with E-state index >= 15 is 0 Å². The van der Waals surface area contributed by atoms with E-state index in [1.54, 1.807) is 12.1 Å². The van der Waals surface area contributed by atoms with E-state index in [-0.39, 0.29) is 5.75 Å². The quantitative estimate of drug-likeness (QED) is 0.734. The van der Waals surface area contributed by atoms with Crippen LogP contribution >= 0.6 is 0 Å². The standard InChI is InChI=1S/C16H14N2O/c17-9-11-1-6-16-13(7-11)8-14(10-18-16)12-2-4-15(19)5-3-12/h1-8,10,19H,9,17H2. The first-order chi connectivity index (χ1) is 9.26. The van der Waals surface area contributed by atoms with Gasteiger partial charge in [-0.05, 0) is 41.5 Å². The highest BCUT2D eigenvalue weighted by Crippen LogP contribution is 2.24. The summed E-state index contributed by atoms with van der Waals surface area (Å²) in [6.07, 6.45) is 1.84. The molecule has 0 aliphatic carbocycles. The van der Waals surface area contributed by atoms with Gasteiger partial charge in [-0.15, -0.1) is 0 Å². The number of phenolic OH excluding ortho intramolecular Hbond substituents is 1. The Bertz CT molecular complexity index is 720. The second kappa shape index (κ2) is 4.71. The fourth-order valence-corrected chi connectivity index (χ4v) is 2.12. The Hall–Kier alpha value is -2.39. The van der Waals surface area contributed by atoms with Crippen LogP contribution in [0, 0.1) is 0 Å². The monoisotopic (exact) mass is 250 g/mol. The van der Waals surface area contributed by atoms with Crippen LogP contribution in [0.3, 0.4) is 0 Å². The fourth-order valence-electron chi connectivity index (χ4n) is 2.12. The number of hydrogen-bond donors (Lipinski definition) is 2. The van der Waals surface area contributed by atoms with Crippen molar-refractivity contribution in [2.45, 2.75) is 6.54 Å². The lowest BCUT2D eigenvalue weighted by Gasteiger charge is -2.05. The Morgan fingerprint density at radius 1 is 0.947 bits per heavy atom. The Morgan fingerprint density at radius 2 is 1.74 bits per heavy atom. The van der Waals surface area contributed by atoms with Crippen LogP contribution in [0.15, 0.2) is 54.7 Å². The maximum Gasteiger partial charge on any atom is 0.115 e. The van der Waals surface area contributed by atoms with Crippen LogP contribution in [-0.2, 0) is 6.54 Å². The molecular weight excluding hydrogens is 236 g/mol. The number of nitrogens with zero attached hydrogens (tertiary/aromatic N) is 1. The van der Waals surface area contributed by atoms with Crippen molar-refractivity contribution in [3.8, 4) is 16.9 Å². The average molecular weight is 250 g/mol. The van der Waals surface area contributed by atoms with Gasteiger partial charge in [-0.3, -0.25) is 4.98 Å². The number of pyridine rings is 1. The van der Waals surface area contributed by atoms with Gasteiger partial charge >= 0.3 is 0 Å². The molecule has 0 unspecified atom stereocenters. The van der Waals surface area contributed by atoms with Gasteiger partial charge in [0.2, 0.25) is 0 Å². The Balaban J connectivity index is 2.12. The van der Waals surface area contributed by atoms with Crippen molar-refractivity contribution < 1.29 is 5.11 Å². The van der Waals surface area contributed by atoms with Crippen LogP contribution < -0.4 is 5.73 Å². The number of benzene rings is 2. The van der Waals surface area contributed by atoms with E-state index in [2.05, 4.69) is 17.1 Å². The molecule has 3 N–H and O–H groups in total. The number of nitrogens with two attached hydrogens (primary N) is 1. The number of aromatic hydroxyl groups is 1. The molecule has 3 rings (SSSR count). The van der Waals surface area contributed by atoms with Crippen LogP contribution in [0.2, 0.25) is 0 Å². The predicted molar refractivity (Wildman–Crippen MR) is 76.7 cm³/mol. The smallest absolute Gasteiger partial charge is 0.115 e. The number of rotatable bonds is 2. The molecular formula is C16H14N2O. The maximum absolute atomic E-state index is 9.31. The highest BCUT2D eigenvalue weighted by Gasteiger charge is 2.02. The minimum atomic E-state index is 0.267. The Morgan fingerprint density at radius 3 is 2.47 bits per heavy atom. The molecule has 2 aromatic carbocycles. The van der Waals surface area contributed by atoms with Gasteiger partial charge in [0.05, 0.1) is 5.52 Å². The van der Waals surface area contributed by atoms with Gasteiger partial charge in [-0.2, -0.15) is 0 Å². The summed E-state index contributed by atoms with van der Waals surface area (Å²) in [5.41, 5.74) is 9.77. The van der Waals surface area contributed by atoms with Crippen molar-refractivity contribution in [3.05, 3.63) is 60.3 Å². The highest BCUT2D eigenvalue weighted by molar-refractivity contribution is 5.84. The molecule has 0 amide bonds. The van der Waals surface area contributed by atoms with Crippen molar-refractivity contribution in [2.75, 3.05) is 0 Å². The van der Waals surface area contributed by atoms with E-state index in [4.69, 9.17) is 5.73 Å². The summed E-state index contributed by atoms with van der Waals surface area (Å²) in [6, 6.07) is 15.2. The number of aromatic nitrogens is 1. The SMILES string of the molecule is NCc1ccc2ncc(-c3ccc(O)cc3)cc2c1. The second-order valence-corrected chi connectivity index (χ2v) is 4.50. The van der Waals surface area contributed by atoms with Gasteiger partial charge in [-0.1, -0.05) is 18.2 Å². The lowest BCUT2D eigenvalue weighted by atomic mass is 10.0. The fraction of sp³-hybridized carbons (Fsp3) is 0.0625. The summed E-state index contributed by atoms with van der Waals surface area (Å²) in [6.45, 7) is 0.527. The van der Waals surface area contributed by atoms with Crippen molar-refractivity contribution >= 4 is 10.9 Å². The molecule has 0 saturated carbocycles.